The third-order valence-corrected chi connectivity index (χ3v) is 4.52. The van der Waals surface area contributed by atoms with E-state index in [9.17, 15) is 12.8 Å². The predicted molar refractivity (Wildman–Crippen MR) is 74.6 cm³/mol. The fraction of sp³-hybridized carbons (Fsp3) is 0.0769. The maximum atomic E-state index is 13.1. The highest BCUT2D eigenvalue weighted by Crippen LogP contribution is 2.20. The highest BCUT2D eigenvalue weighted by atomic mass is 79.9. The second-order valence-corrected chi connectivity index (χ2v) is 6.51. The van der Waals surface area contributed by atoms with Gasteiger partial charge in [0.25, 0.3) is 0 Å². The van der Waals surface area contributed by atoms with Crippen molar-refractivity contribution in [2.45, 2.75) is 11.4 Å². The molecular formula is C13H11BrFNO2S. The van der Waals surface area contributed by atoms with Crippen molar-refractivity contribution in [1.82, 2.24) is 4.72 Å². The highest BCUT2D eigenvalue weighted by molar-refractivity contribution is 9.10. The van der Waals surface area contributed by atoms with Crippen LogP contribution in [0.2, 0.25) is 0 Å². The molecule has 0 heterocycles. The van der Waals surface area contributed by atoms with Crippen molar-refractivity contribution in [3.8, 4) is 0 Å². The first-order chi connectivity index (χ1) is 8.99. The quantitative estimate of drug-likeness (QED) is 0.927. The summed E-state index contributed by atoms with van der Waals surface area (Å²) in [5, 5.41) is 0. The molecule has 0 bridgehead atoms. The average Bonchev–Trinajstić information content (AvgIpc) is 2.41. The maximum absolute atomic E-state index is 13.1. The number of nitrogens with one attached hydrogen (secondary N) is 1. The van der Waals surface area contributed by atoms with Gasteiger partial charge in [-0.25, -0.2) is 17.5 Å². The molecule has 0 fully saturated rings. The first-order valence-corrected chi connectivity index (χ1v) is 7.75. The van der Waals surface area contributed by atoms with E-state index in [0.717, 1.165) is 11.6 Å². The lowest BCUT2D eigenvalue weighted by atomic mass is 10.2. The van der Waals surface area contributed by atoms with Gasteiger partial charge in [0.05, 0.1) is 9.37 Å². The molecule has 0 aliphatic carbocycles. The molecule has 0 aliphatic heterocycles. The van der Waals surface area contributed by atoms with Crippen LogP contribution in [0.5, 0.6) is 0 Å². The van der Waals surface area contributed by atoms with Gasteiger partial charge in [-0.2, -0.15) is 0 Å². The molecule has 0 atom stereocenters. The van der Waals surface area contributed by atoms with Crippen LogP contribution in [0.1, 0.15) is 5.56 Å². The van der Waals surface area contributed by atoms with E-state index < -0.39 is 15.8 Å². The number of hydrogen-bond donors (Lipinski definition) is 1. The van der Waals surface area contributed by atoms with Gasteiger partial charge in [-0.1, -0.05) is 30.3 Å². The van der Waals surface area contributed by atoms with Gasteiger partial charge in [0.1, 0.15) is 5.82 Å². The second kappa shape index (κ2) is 5.81. The Morgan fingerprint density at radius 2 is 1.79 bits per heavy atom. The normalized spacial score (nSPS) is 11.5. The summed E-state index contributed by atoms with van der Waals surface area (Å²) in [5.74, 6) is -0.498. The monoisotopic (exact) mass is 343 g/mol. The summed E-state index contributed by atoms with van der Waals surface area (Å²) in [6.45, 7) is 0.193. The van der Waals surface area contributed by atoms with Crippen molar-refractivity contribution in [3.63, 3.8) is 0 Å². The van der Waals surface area contributed by atoms with Crippen molar-refractivity contribution in [1.29, 1.82) is 0 Å². The molecule has 100 valence electrons. The Balaban J connectivity index is 2.16. The van der Waals surface area contributed by atoms with E-state index in [0.29, 0.717) is 0 Å². The topological polar surface area (TPSA) is 46.2 Å². The number of rotatable bonds is 4. The maximum Gasteiger partial charge on any atom is 0.240 e. The minimum atomic E-state index is -3.64. The summed E-state index contributed by atoms with van der Waals surface area (Å²) >= 11 is 2.97. The minimum Gasteiger partial charge on any atom is -0.207 e. The third-order valence-electron chi connectivity index (χ3n) is 2.51. The van der Waals surface area contributed by atoms with Crippen LogP contribution in [0.3, 0.4) is 0 Å². The molecule has 3 nitrogen and oxygen atoms in total. The molecule has 1 N–H and O–H groups in total. The van der Waals surface area contributed by atoms with Gasteiger partial charge in [-0.05, 0) is 39.7 Å². The van der Waals surface area contributed by atoms with Gasteiger partial charge in [-0.3, -0.25) is 0 Å². The fourth-order valence-electron chi connectivity index (χ4n) is 1.50. The van der Waals surface area contributed by atoms with E-state index in [4.69, 9.17) is 0 Å². The molecule has 2 aromatic carbocycles. The average molecular weight is 344 g/mol. The SMILES string of the molecule is O=S(=O)(NCc1ccccc1)c1ccc(F)c(Br)c1. The number of hydrogen-bond acceptors (Lipinski definition) is 2. The van der Waals surface area contributed by atoms with Crippen molar-refractivity contribution in [2.75, 3.05) is 0 Å². The standard InChI is InChI=1S/C13H11BrFNO2S/c14-12-8-11(6-7-13(12)15)19(17,18)16-9-10-4-2-1-3-5-10/h1-8,16H,9H2. The van der Waals surface area contributed by atoms with E-state index in [1.54, 1.807) is 0 Å². The third kappa shape index (κ3) is 3.62. The molecule has 0 spiro atoms. The Bertz CT molecular complexity index is 674. The van der Waals surface area contributed by atoms with Gasteiger partial charge in [0.15, 0.2) is 0 Å². The summed E-state index contributed by atoms with van der Waals surface area (Å²) in [7, 11) is -3.64. The lowest BCUT2D eigenvalue weighted by Crippen LogP contribution is -2.23. The van der Waals surface area contributed by atoms with Crippen molar-refractivity contribution in [3.05, 3.63) is 64.4 Å². The zero-order valence-electron chi connectivity index (χ0n) is 9.81. The summed E-state index contributed by atoms with van der Waals surface area (Å²) in [6.07, 6.45) is 0. The molecule has 0 saturated carbocycles. The van der Waals surface area contributed by atoms with Crippen LogP contribution in [0, 0.1) is 5.82 Å². The summed E-state index contributed by atoms with van der Waals surface area (Å²) < 4.78 is 39.7. The lowest BCUT2D eigenvalue weighted by Gasteiger charge is -2.07. The smallest absolute Gasteiger partial charge is 0.207 e. The molecule has 0 amide bonds. The largest absolute Gasteiger partial charge is 0.240 e. The van der Waals surface area contributed by atoms with Gasteiger partial charge in [0, 0.05) is 6.54 Å². The van der Waals surface area contributed by atoms with Crippen LogP contribution in [-0.2, 0) is 16.6 Å². The molecule has 0 unspecified atom stereocenters. The summed E-state index contributed by atoms with van der Waals surface area (Å²) in [4.78, 5) is 0.0247. The Labute approximate surface area is 119 Å². The van der Waals surface area contributed by atoms with Crippen molar-refractivity contribution >= 4 is 26.0 Å². The highest BCUT2D eigenvalue weighted by Gasteiger charge is 2.15. The molecule has 0 radical (unpaired) electrons. The molecule has 6 heteroatoms. The van der Waals surface area contributed by atoms with Crippen molar-refractivity contribution in [2.24, 2.45) is 0 Å². The van der Waals surface area contributed by atoms with Crippen LogP contribution in [0.4, 0.5) is 4.39 Å². The minimum absolute atomic E-state index is 0.0247. The number of sulfonamides is 1. The molecule has 19 heavy (non-hydrogen) atoms. The fourth-order valence-corrected chi connectivity index (χ4v) is 3.08. The lowest BCUT2D eigenvalue weighted by molar-refractivity contribution is 0.580. The van der Waals surface area contributed by atoms with Gasteiger partial charge < -0.3 is 0 Å². The predicted octanol–water partition coefficient (Wildman–Crippen LogP) is 3.07. The Hall–Kier alpha value is -1.24. The van der Waals surface area contributed by atoms with Crippen molar-refractivity contribution < 1.29 is 12.8 Å². The van der Waals surface area contributed by atoms with E-state index in [2.05, 4.69) is 20.7 Å². The van der Waals surface area contributed by atoms with Crippen LogP contribution in [-0.4, -0.2) is 8.42 Å². The molecule has 0 aromatic heterocycles. The van der Waals surface area contributed by atoms with Gasteiger partial charge in [-0.15, -0.1) is 0 Å². The molecular weight excluding hydrogens is 333 g/mol. The number of halogens is 2. The van der Waals surface area contributed by atoms with E-state index in [-0.39, 0.29) is 15.9 Å². The molecule has 0 saturated heterocycles. The zero-order valence-corrected chi connectivity index (χ0v) is 12.2. The zero-order chi connectivity index (χ0) is 13.9. The van der Waals surface area contributed by atoms with Crippen LogP contribution < -0.4 is 4.72 Å². The van der Waals surface area contributed by atoms with Crippen LogP contribution in [0.25, 0.3) is 0 Å². The summed E-state index contributed by atoms with van der Waals surface area (Å²) in [6, 6.07) is 12.7. The van der Waals surface area contributed by atoms with Gasteiger partial charge in [0.2, 0.25) is 10.0 Å². The molecule has 2 rings (SSSR count). The van der Waals surface area contributed by atoms with E-state index in [1.165, 1.54) is 12.1 Å². The number of benzene rings is 2. The van der Waals surface area contributed by atoms with E-state index >= 15 is 0 Å². The first kappa shape index (κ1) is 14.2. The Morgan fingerprint density at radius 3 is 2.42 bits per heavy atom. The van der Waals surface area contributed by atoms with Crippen LogP contribution in [0.15, 0.2) is 57.9 Å². The Morgan fingerprint density at radius 1 is 1.11 bits per heavy atom. The Kier molecular flexibility index (Phi) is 4.34. The van der Waals surface area contributed by atoms with Crippen LogP contribution >= 0.6 is 15.9 Å². The molecule has 2 aromatic rings. The van der Waals surface area contributed by atoms with Gasteiger partial charge >= 0.3 is 0 Å². The van der Waals surface area contributed by atoms with E-state index in [1.807, 2.05) is 30.3 Å². The summed E-state index contributed by atoms with van der Waals surface area (Å²) in [5.41, 5.74) is 0.854. The molecule has 0 aliphatic rings. The second-order valence-electron chi connectivity index (χ2n) is 3.89. The first-order valence-electron chi connectivity index (χ1n) is 5.48.